The van der Waals surface area contributed by atoms with E-state index in [1.54, 1.807) is 16.9 Å². The minimum Gasteiger partial charge on any atom is -0.408 e. The second kappa shape index (κ2) is 5.70. The molecule has 0 spiro atoms. The van der Waals surface area contributed by atoms with Crippen LogP contribution in [0.3, 0.4) is 0 Å². The van der Waals surface area contributed by atoms with Crippen LogP contribution < -0.4 is 10.5 Å². The summed E-state index contributed by atoms with van der Waals surface area (Å²) < 4.78 is 34.4. The molecular formula is C16H15N5O4S. The van der Waals surface area contributed by atoms with Gasteiger partial charge in [0.2, 0.25) is 0 Å². The van der Waals surface area contributed by atoms with Crippen LogP contribution in [0.4, 0.5) is 5.69 Å². The highest BCUT2D eigenvalue weighted by Gasteiger charge is 2.17. The Morgan fingerprint density at radius 2 is 2.04 bits per heavy atom. The molecule has 0 radical (unpaired) electrons. The minimum absolute atomic E-state index is 0.0225. The van der Waals surface area contributed by atoms with Gasteiger partial charge < -0.3 is 4.42 Å². The van der Waals surface area contributed by atoms with Gasteiger partial charge in [-0.25, -0.2) is 22.9 Å². The number of rotatable bonds is 4. The molecule has 0 unspecified atom stereocenters. The highest BCUT2D eigenvalue weighted by molar-refractivity contribution is 7.92. The highest BCUT2D eigenvalue weighted by atomic mass is 32.2. The van der Waals surface area contributed by atoms with E-state index < -0.39 is 15.8 Å². The molecule has 0 aliphatic heterocycles. The third-order valence-electron chi connectivity index (χ3n) is 3.88. The molecule has 0 amide bonds. The number of aromatic amines is 1. The van der Waals surface area contributed by atoms with Crippen molar-refractivity contribution >= 4 is 37.8 Å². The van der Waals surface area contributed by atoms with Gasteiger partial charge in [-0.1, -0.05) is 0 Å². The van der Waals surface area contributed by atoms with E-state index >= 15 is 0 Å². The maximum atomic E-state index is 12.6. The SMILES string of the molecule is CC(C)n1ncc2cc(NS(=O)(=O)c3ccc4[nH]c(=O)oc4c3)cnc21. The van der Waals surface area contributed by atoms with Crippen molar-refractivity contribution in [3.8, 4) is 0 Å². The Hall–Kier alpha value is -3.14. The second-order valence-corrected chi connectivity index (χ2v) is 7.78. The number of aromatic nitrogens is 4. The quantitative estimate of drug-likeness (QED) is 0.565. The van der Waals surface area contributed by atoms with Crippen molar-refractivity contribution in [1.82, 2.24) is 19.7 Å². The van der Waals surface area contributed by atoms with Crippen LogP contribution in [0.2, 0.25) is 0 Å². The van der Waals surface area contributed by atoms with Gasteiger partial charge in [0.05, 0.1) is 28.5 Å². The molecule has 0 bridgehead atoms. The van der Waals surface area contributed by atoms with Crippen LogP contribution in [0.15, 0.2) is 50.8 Å². The van der Waals surface area contributed by atoms with Gasteiger partial charge in [-0.3, -0.25) is 9.71 Å². The number of hydrogen-bond donors (Lipinski definition) is 2. The van der Waals surface area contributed by atoms with Crippen molar-refractivity contribution in [2.45, 2.75) is 24.8 Å². The monoisotopic (exact) mass is 373 g/mol. The standard InChI is InChI=1S/C16H15N5O4S/c1-9(2)21-15-10(7-18-21)5-11(8-17-15)20-26(23,24)12-3-4-13-14(6-12)25-16(22)19-13/h3-9,20H,1-2H3,(H,19,22). The summed E-state index contributed by atoms with van der Waals surface area (Å²) in [6.07, 6.45) is 3.08. The Balaban J connectivity index is 1.70. The maximum Gasteiger partial charge on any atom is 0.417 e. The number of anilines is 1. The molecule has 0 saturated heterocycles. The molecule has 2 N–H and O–H groups in total. The molecule has 0 atom stereocenters. The van der Waals surface area contributed by atoms with E-state index in [1.165, 1.54) is 24.4 Å². The van der Waals surface area contributed by atoms with Crippen molar-refractivity contribution < 1.29 is 12.8 Å². The Labute approximate surface area is 147 Å². The molecule has 3 heterocycles. The number of fused-ring (bicyclic) bond motifs is 2. The Morgan fingerprint density at radius 1 is 1.23 bits per heavy atom. The summed E-state index contributed by atoms with van der Waals surface area (Å²) in [4.78, 5) is 18.0. The molecule has 0 fully saturated rings. The van der Waals surface area contributed by atoms with E-state index in [1.807, 2.05) is 13.8 Å². The van der Waals surface area contributed by atoms with E-state index in [-0.39, 0.29) is 16.5 Å². The van der Waals surface area contributed by atoms with Gasteiger partial charge in [0, 0.05) is 17.5 Å². The molecule has 4 rings (SSSR count). The fourth-order valence-corrected chi connectivity index (χ4v) is 3.73. The third-order valence-corrected chi connectivity index (χ3v) is 5.26. The van der Waals surface area contributed by atoms with Gasteiger partial charge in [0.25, 0.3) is 10.0 Å². The zero-order valence-corrected chi connectivity index (χ0v) is 14.7. The normalized spacial score (nSPS) is 12.3. The van der Waals surface area contributed by atoms with Crippen LogP contribution in [0.5, 0.6) is 0 Å². The van der Waals surface area contributed by atoms with Gasteiger partial charge in [0.1, 0.15) is 0 Å². The van der Waals surface area contributed by atoms with Crippen molar-refractivity contribution in [2.24, 2.45) is 0 Å². The first-order chi connectivity index (χ1) is 12.3. The summed E-state index contributed by atoms with van der Waals surface area (Å²) in [5, 5.41) is 4.99. The zero-order chi connectivity index (χ0) is 18.5. The number of sulfonamides is 1. The highest BCUT2D eigenvalue weighted by Crippen LogP contribution is 2.23. The molecule has 0 saturated carbocycles. The first-order valence-corrected chi connectivity index (χ1v) is 9.31. The molecule has 0 aliphatic rings. The van der Waals surface area contributed by atoms with Gasteiger partial charge in [-0.15, -0.1) is 0 Å². The number of hydrogen-bond acceptors (Lipinski definition) is 6. The van der Waals surface area contributed by atoms with Crippen LogP contribution in [-0.4, -0.2) is 28.2 Å². The lowest BCUT2D eigenvalue weighted by Gasteiger charge is -2.09. The fourth-order valence-electron chi connectivity index (χ4n) is 2.68. The van der Waals surface area contributed by atoms with Crippen LogP contribution in [0.25, 0.3) is 22.1 Å². The summed E-state index contributed by atoms with van der Waals surface area (Å²) in [5.74, 6) is -0.640. The lowest BCUT2D eigenvalue weighted by Crippen LogP contribution is -2.13. The van der Waals surface area contributed by atoms with Crippen LogP contribution in [0, 0.1) is 0 Å². The molecule has 3 aromatic heterocycles. The average molecular weight is 373 g/mol. The van der Waals surface area contributed by atoms with Crippen LogP contribution in [-0.2, 0) is 10.0 Å². The Bertz CT molecular complexity index is 1280. The maximum absolute atomic E-state index is 12.6. The zero-order valence-electron chi connectivity index (χ0n) is 13.9. The number of benzene rings is 1. The van der Waals surface area contributed by atoms with Crippen molar-refractivity contribution in [3.05, 3.63) is 47.2 Å². The van der Waals surface area contributed by atoms with E-state index in [9.17, 15) is 13.2 Å². The Morgan fingerprint density at radius 3 is 2.81 bits per heavy atom. The summed E-state index contributed by atoms with van der Waals surface area (Å²) in [7, 11) is -3.87. The second-order valence-electron chi connectivity index (χ2n) is 6.10. The molecule has 9 nitrogen and oxygen atoms in total. The summed E-state index contributed by atoms with van der Waals surface area (Å²) in [6.45, 7) is 3.97. The molecule has 134 valence electrons. The third kappa shape index (κ3) is 2.73. The molecule has 1 aromatic carbocycles. The summed E-state index contributed by atoms with van der Waals surface area (Å²) >= 11 is 0. The average Bonchev–Trinajstić information content (AvgIpc) is 3.15. The van der Waals surface area contributed by atoms with Gasteiger partial charge in [-0.05, 0) is 32.0 Å². The predicted molar refractivity (Wildman–Crippen MR) is 95.6 cm³/mol. The Kier molecular flexibility index (Phi) is 3.58. The molecule has 10 heteroatoms. The summed E-state index contributed by atoms with van der Waals surface area (Å²) in [5.41, 5.74) is 1.60. The van der Waals surface area contributed by atoms with Gasteiger partial charge in [-0.2, -0.15) is 5.10 Å². The van der Waals surface area contributed by atoms with Gasteiger partial charge in [0.15, 0.2) is 11.2 Å². The van der Waals surface area contributed by atoms with E-state index in [4.69, 9.17) is 4.42 Å². The first kappa shape index (κ1) is 16.3. The van der Waals surface area contributed by atoms with Crippen molar-refractivity contribution in [1.29, 1.82) is 0 Å². The number of nitrogens with one attached hydrogen (secondary N) is 2. The topological polar surface area (TPSA) is 123 Å². The molecule has 4 aromatic rings. The lowest BCUT2D eigenvalue weighted by atomic mass is 10.3. The lowest BCUT2D eigenvalue weighted by molar-refractivity contribution is 0.546. The van der Waals surface area contributed by atoms with Crippen molar-refractivity contribution in [3.63, 3.8) is 0 Å². The van der Waals surface area contributed by atoms with Crippen LogP contribution >= 0.6 is 0 Å². The molecule has 0 aliphatic carbocycles. The molecular weight excluding hydrogens is 358 g/mol. The molecule has 26 heavy (non-hydrogen) atoms. The number of H-pyrrole nitrogens is 1. The van der Waals surface area contributed by atoms with Gasteiger partial charge >= 0.3 is 5.76 Å². The summed E-state index contributed by atoms with van der Waals surface area (Å²) in [6, 6.07) is 5.96. The first-order valence-electron chi connectivity index (χ1n) is 7.82. The number of oxazole rings is 1. The van der Waals surface area contributed by atoms with Crippen LogP contribution in [0.1, 0.15) is 19.9 Å². The largest absolute Gasteiger partial charge is 0.417 e. The minimum atomic E-state index is -3.87. The number of pyridine rings is 1. The van der Waals surface area contributed by atoms with E-state index in [0.29, 0.717) is 16.9 Å². The van der Waals surface area contributed by atoms with Crippen molar-refractivity contribution in [2.75, 3.05) is 4.72 Å². The van der Waals surface area contributed by atoms with E-state index in [0.717, 1.165) is 5.39 Å². The predicted octanol–water partition coefficient (Wildman–Crippen LogP) is 2.25. The van der Waals surface area contributed by atoms with E-state index in [2.05, 4.69) is 19.8 Å². The fraction of sp³-hybridized carbons (Fsp3) is 0.188. The number of nitrogens with zero attached hydrogens (tertiary/aromatic N) is 3. The smallest absolute Gasteiger partial charge is 0.408 e.